The van der Waals surface area contributed by atoms with Crippen molar-refractivity contribution in [3.63, 3.8) is 0 Å². The molecule has 0 aliphatic heterocycles. The molecule has 0 amide bonds. The van der Waals surface area contributed by atoms with Gasteiger partial charge in [-0.15, -0.1) is 0 Å². The normalized spacial score (nSPS) is 11.9. The second kappa shape index (κ2) is 5.93. The molecule has 0 unspecified atom stereocenters. The Morgan fingerprint density at radius 2 is 2.20 bits per heavy atom. The minimum Gasteiger partial charge on any atom is -0.508 e. The van der Waals surface area contributed by atoms with Crippen molar-refractivity contribution in [2.45, 2.75) is 0 Å². The number of methoxy groups -OCH3 is 1. The minimum absolute atomic E-state index is 0.142. The van der Waals surface area contributed by atoms with Crippen LogP contribution in [-0.2, 0) is 4.74 Å². The number of aromatic nitrogens is 1. The quantitative estimate of drug-likeness (QED) is 0.686. The summed E-state index contributed by atoms with van der Waals surface area (Å²) in [5, 5.41) is 10.7. The zero-order valence-corrected chi connectivity index (χ0v) is 11.1. The van der Waals surface area contributed by atoms with Gasteiger partial charge in [0.2, 0.25) is 0 Å². The van der Waals surface area contributed by atoms with Gasteiger partial charge in [0.05, 0.1) is 7.11 Å². The maximum atomic E-state index is 12.2. The Balaban J connectivity index is 2.42. The number of benzene rings is 1. The number of nitrogens with zero attached hydrogens (tertiary/aromatic N) is 1. The predicted octanol–water partition coefficient (Wildman–Crippen LogP) is 2.89. The van der Waals surface area contributed by atoms with Gasteiger partial charge in [0, 0.05) is 17.8 Å². The number of fused-ring (bicyclic) bond motifs is 1. The summed E-state index contributed by atoms with van der Waals surface area (Å²) < 4.78 is 6.49. The molecular weight excluding hydrogens is 254 g/mol. The molecule has 2 aromatic rings. The Morgan fingerprint density at radius 1 is 1.40 bits per heavy atom. The summed E-state index contributed by atoms with van der Waals surface area (Å²) >= 11 is 0. The number of hydrogen-bond donors (Lipinski definition) is 1. The molecule has 0 bridgehead atoms. The van der Waals surface area contributed by atoms with E-state index in [1.54, 1.807) is 55.9 Å². The highest BCUT2D eigenvalue weighted by Crippen LogP contribution is 2.16. The molecule has 1 aromatic heterocycles. The molecular formula is C16H15NO3. The molecule has 0 saturated carbocycles. The van der Waals surface area contributed by atoms with Crippen LogP contribution in [0.4, 0.5) is 0 Å². The SMILES string of the molecule is C=C/C(=C\C=C\n1ccc2cc(O)ccc2c1=O)OC. The second-order valence-electron chi connectivity index (χ2n) is 4.12. The summed E-state index contributed by atoms with van der Waals surface area (Å²) in [4.78, 5) is 12.2. The van der Waals surface area contributed by atoms with Gasteiger partial charge < -0.3 is 9.84 Å². The molecule has 0 fully saturated rings. The van der Waals surface area contributed by atoms with Gasteiger partial charge in [-0.3, -0.25) is 9.36 Å². The van der Waals surface area contributed by atoms with Crippen LogP contribution in [0.25, 0.3) is 17.0 Å². The van der Waals surface area contributed by atoms with E-state index < -0.39 is 0 Å². The molecule has 0 radical (unpaired) electrons. The minimum atomic E-state index is -0.148. The van der Waals surface area contributed by atoms with E-state index in [1.807, 2.05) is 0 Å². The van der Waals surface area contributed by atoms with Crippen LogP contribution >= 0.6 is 0 Å². The van der Waals surface area contributed by atoms with Crippen LogP contribution in [0.2, 0.25) is 0 Å². The first kappa shape index (κ1) is 13.7. The number of aromatic hydroxyl groups is 1. The number of ether oxygens (including phenoxy) is 1. The van der Waals surface area contributed by atoms with E-state index in [-0.39, 0.29) is 11.3 Å². The molecule has 20 heavy (non-hydrogen) atoms. The first-order chi connectivity index (χ1) is 9.65. The largest absolute Gasteiger partial charge is 0.508 e. The lowest BCUT2D eigenvalue weighted by molar-refractivity contribution is 0.307. The van der Waals surface area contributed by atoms with E-state index in [4.69, 9.17) is 4.74 Å². The van der Waals surface area contributed by atoms with E-state index >= 15 is 0 Å². The number of allylic oxidation sites excluding steroid dienone is 3. The molecule has 102 valence electrons. The monoisotopic (exact) mass is 269 g/mol. The van der Waals surface area contributed by atoms with Crippen LogP contribution < -0.4 is 5.56 Å². The van der Waals surface area contributed by atoms with Crippen LogP contribution in [0.1, 0.15) is 0 Å². The first-order valence-electron chi connectivity index (χ1n) is 6.04. The number of rotatable bonds is 4. The van der Waals surface area contributed by atoms with Gasteiger partial charge in [-0.25, -0.2) is 0 Å². The number of hydrogen-bond acceptors (Lipinski definition) is 3. The Hall–Kier alpha value is -2.75. The number of pyridine rings is 1. The van der Waals surface area contributed by atoms with Gasteiger partial charge in [0.25, 0.3) is 5.56 Å². The molecule has 0 aliphatic rings. The fourth-order valence-electron chi connectivity index (χ4n) is 1.82. The smallest absolute Gasteiger partial charge is 0.262 e. The average Bonchev–Trinajstić information content (AvgIpc) is 2.45. The summed E-state index contributed by atoms with van der Waals surface area (Å²) in [6.45, 7) is 3.60. The molecule has 1 aromatic carbocycles. The molecule has 4 heteroatoms. The molecule has 4 nitrogen and oxygen atoms in total. The van der Waals surface area contributed by atoms with E-state index in [1.165, 1.54) is 10.6 Å². The van der Waals surface area contributed by atoms with Crippen molar-refractivity contribution in [1.29, 1.82) is 0 Å². The summed E-state index contributed by atoms with van der Waals surface area (Å²) in [6, 6.07) is 6.44. The van der Waals surface area contributed by atoms with Crippen molar-refractivity contribution < 1.29 is 9.84 Å². The third-order valence-electron chi connectivity index (χ3n) is 2.86. The molecule has 0 atom stereocenters. The molecule has 0 aliphatic carbocycles. The fraction of sp³-hybridized carbons (Fsp3) is 0.0625. The average molecular weight is 269 g/mol. The predicted molar refractivity (Wildman–Crippen MR) is 80.5 cm³/mol. The zero-order chi connectivity index (χ0) is 14.5. The summed E-state index contributed by atoms with van der Waals surface area (Å²) in [6.07, 6.45) is 8.27. The maximum Gasteiger partial charge on any atom is 0.262 e. The lowest BCUT2D eigenvalue weighted by Gasteiger charge is -2.02. The van der Waals surface area contributed by atoms with Crippen LogP contribution in [0.3, 0.4) is 0 Å². The lowest BCUT2D eigenvalue weighted by Crippen LogP contribution is -2.14. The van der Waals surface area contributed by atoms with Crippen LogP contribution in [-0.4, -0.2) is 16.8 Å². The third kappa shape index (κ3) is 2.80. The van der Waals surface area contributed by atoms with Crippen LogP contribution in [0, 0.1) is 0 Å². The van der Waals surface area contributed by atoms with Gasteiger partial charge in [-0.05, 0) is 47.9 Å². The molecule has 0 saturated heterocycles. The fourth-order valence-corrected chi connectivity index (χ4v) is 1.82. The Morgan fingerprint density at radius 3 is 2.90 bits per heavy atom. The van der Waals surface area contributed by atoms with Crippen molar-refractivity contribution in [3.05, 3.63) is 71.4 Å². The Labute approximate surface area is 116 Å². The van der Waals surface area contributed by atoms with Crippen molar-refractivity contribution >= 4 is 17.0 Å². The zero-order valence-electron chi connectivity index (χ0n) is 11.1. The van der Waals surface area contributed by atoms with Gasteiger partial charge in [0.15, 0.2) is 0 Å². The van der Waals surface area contributed by atoms with E-state index in [9.17, 15) is 9.90 Å². The molecule has 0 spiro atoms. The molecule has 2 rings (SSSR count). The van der Waals surface area contributed by atoms with E-state index in [0.717, 1.165) is 0 Å². The second-order valence-corrected chi connectivity index (χ2v) is 4.12. The van der Waals surface area contributed by atoms with Gasteiger partial charge >= 0.3 is 0 Å². The summed E-state index contributed by atoms with van der Waals surface area (Å²) in [5.41, 5.74) is -0.148. The van der Waals surface area contributed by atoms with E-state index in [0.29, 0.717) is 16.5 Å². The maximum absolute atomic E-state index is 12.2. The topological polar surface area (TPSA) is 51.5 Å². The summed E-state index contributed by atoms with van der Waals surface area (Å²) in [5.74, 6) is 0.754. The van der Waals surface area contributed by atoms with Crippen molar-refractivity contribution in [3.8, 4) is 5.75 Å². The van der Waals surface area contributed by atoms with Gasteiger partial charge in [-0.1, -0.05) is 6.58 Å². The molecule has 1 heterocycles. The van der Waals surface area contributed by atoms with Crippen molar-refractivity contribution in [1.82, 2.24) is 4.57 Å². The van der Waals surface area contributed by atoms with Crippen LogP contribution in [0.15, 0.2) is 65.8 Å². The highest BCUT2D eigenvalue weighted by atomic mass is 16.5. The van der Waals surface area contributed by atoms with Crippen molar-refractivity contribution in [2.24, 2.45) is 0 Å². The molecule has 1 N–H and O–H groups in total. The van der Waals surface area contributed by atoms with Crippen molar-refractivity contribution in [2.75, 3.05) is 7.11 Å². The van der Waals surface area contributed by atoms with Gasteiger partial charge in [-0.2, -0.15) is 0 Å². The Kier molecular flexibility index (Phi) is 4.05. The number of phenols is 1. The highest BCUT2D eigenvalue weighted by Gasteiger charge is 2.01. The Bertz CT molecular complexity index is 754. The van der Waals surface area contributed by atoms with Gasteiger partial charge in [0.1, 0.15) is 11.5 Å². The van der Waals surface area contributed by atoms with E-state index in [2.05, 4.69) is 6.58 Å². The highest BCUT2D eigenvalue weighted by molar-refractivity contribution is 5.83. The third-order valence-corrected chi connectivity index (χ3v) is 2.86. The summed E-state index contributed by atoms with van der Waals surface area (Å²) in [7, 11) is 1.55. The number of phenolic OH excluding ortho intramolecular Hbond substituents is 1. The lowest BCUT2D eigenvalue weighted by atomic mass is 10.1. The standard InChI is InChI=1S/C16H15NO3/c1-3-14(20-2)5-4-9-17-10-8-12-11-13(18)6-7-15(12)16(17)19/h3-11,18H,1H2,2H3/b9-4+,14-5+. The first-order valence-corrected chi connectivity index (χ1v) is 6.04. The van der Waals surface area contributed by atoms with Crippen LogP contribution in [0.5, 0.6) is 5.75 Å².